The van der Waals surface area contributed by atoms with Crippen molar-refractivity contribution in [1.29, 1.82) is 0 Å². The van der Waals surface area contributed by atoms with Gasteiger partial charge in [0.05, 0.1) is 19.6 Å². The molecular weight excluding hydrogens is 877 g/mol. The minimum Gasteiger partial charge on any atom is -0.480 e. The van der Waals surface area contributed by atoms with Crippen LogP contribution in [0.1, 0.15) is 33.6 Å². The second-order valence-electron chi connectivity index (χ2n) is 14.6. The van der Waals surface area contributed by atoms with Crippen LogP contribution in [0.4, 0.5) is 17.6 Å². The van der Waals surface area contributed by atoms with Crippen LogP contribution in [-0.2, 0) is 55.2 Å². The highest BCUT2D eigenvalue weighted by atomic mass is 32.2. The number of halogens is 4. The lowest BCUT2D eigenvalue weighted by molar-refractivity contribution is -0.138. The Hall–Kier alpha value is -7.18. The van der Waals surface area contributed by atoms with Gasteiger partial charge in [-0.05, 0) is 133 Å². The summed E-state index contributed by atoms with van der Waals surface area (Å²) in [5, 5.41) is 19.6. The summed E-state index contributed by atoms with van der Waals surface area (Å²) in [6, 6.07) is 20.2. The molecule has 64 heavy (non-hydrogen) atoms. The molecule has 0 saturated heterocycles. The topological polar surface area (TPSA) is 179 Å². The van der Waals surface area contributed by atoms with Crippen molar-refractivity contribution < 1.29 is 54.2 Å². The number of rotatable bonds is 12. The predicted molar refractivity (Wildman–Crippen MR) is 226 cm³/mol. The molecule has 0 aliphatic heterocycles. The fraction of sp³-hybridized carbons (Fsp3) is 0.130. The molecule has 0 amide bonds. The van der Waals surface area contributed by atoms with Gasteiger partial charge in [0.25, 0.3) is 0 Å². The van der Waals surface area contributed by atoms with Crippen LogP contribution in [0.5, 0.6) is 0 Å². The summed E-state index contributed by atoms with van der Waals surface area (Å²) in [5.74, 6) is -4.19. The Morgan fingerprint density at radius 2 is 0.875 bits per heavy atom. The Labute approximate surface area is 363 Å². The first kappa shape index (κ1) is 44.9. The van der Waals surface area contributed by atoms with Crippen LogP contribution >= 0.6 is 0 Å². The molecule has 0 spiro atoms. The van der Waals surface area contributed by atoms with E-state index >= 15 is 0 Å². The summed E-state index contributed by atoms with van der Waals surface area (Å²) in [4.78, 5) is 30.3. The molecule has 4 aromatic heterocycles. The van der Waals surface area contributed by atoms with E-state index in [0.717, 1.165) is 24.3 Å². The number of benzene rings is 4. The second-order valence-corrected chi connectivity index (χ2v) is 18.5. The fourth-order valence-electron chi connectivity index (χ4n) is 7.63. The number of carbonyl (C=O) groups is 2. The summed E-state index contributed by atoms with van der Waals surface area (Å²) >= 11 is 0. The molecule has 0 unspecified atom stereocenters. The number of nitrogens with zero attached hydrogens (tertiary/aromatic N) is 4. The van der Waals surface area contributed by atoms with E-state index < -0.39 is 54.9 Å². The molecule has 0 aliphatic carbocycles. The average molecular weight is 913 g/mol. The zero-order valence-corrected chi connectivity index (χ0v) is 35.5. The minimum absolute atomic E-state index is 0.0541. The Morgan fingerprint density at radius 1 is 0.531 bits per heavy atom. The molecule has 18 heteroatoms. The zero-order chi connectivity index (χ0) is 46.1. The van der Waals surface area contributed by atoms with Gasteiger partial charge in [-0.2, -0.15) is 0 Å². The van der Waals surface area contributed by atoms with Gasteiger partial charge in [0.2, 0.25) is 19.7 Å². The number of aromatic nitrogens is 4. The number of aliphatic carboxylic acids is 2. The van der Waals surface area contributed by atoms with Crippen LogP contribution in [0, 0.1) is 37.1 Å². The van der Waals surface area contributed by atoms with Gasteiger partial charge in [-0.3, -0.25) is 19.6 Å². The van der Waals surface area contributed by atoms with E-state index in [1.54, 1.807) is 35.1 Å². The number of carboxylic acids is 2. The number of hydrogen-bond acceptors (Lipinski definition) is 8. The summed E-state index contributed by atoms with van der Waals surface area (Å²) in [7, 11) is -7.99. The van der Waals surface area contributed by atoms with Crippen molar-refractivity contribution >= 4 is 53.4 Å². The maximum atomic E-state index is 14.0. The van der Waals surface area contributed by atoms with E-state index in [0.29, 0.717) is 55.4 Å². The van der Waals surface area contributed by atoms with Gasteiger partial charge in [-0.15, -0.1) is 0 Å². The van der Waals surface area contributed by atoms with Crippen LogP contribution in [0.15, 0.2) is 141 Å². The predicted octanol–water partition coefficient (Wildman–Crippen LogP) is 8.26. The summed E-state index contributed by atoms with van der Waals surface area (Å²) < 4.78 is 111. The van der Waals surface area contributed by atoms with Gasteiger partial charge in [0.1, 0.15) is 36.4 Å². The van der Waals surface area contributed by atoms with Crippen molar-refractivity contribution in [2.24, 2.45) is 0 Å². The smallest absolute Gasteiger partial charge is 0.323 e. The van der Waals surface area contributed by atoms with Gasteiger partial charge in [0.15, 0.2) is 0 Å². The summed E-state index contributed by atoms with van der Waals surface area (Å²) in [6.07, 6.45) is 5.56. The second kappa shape index (κ2) is 17.9. The van der Waals surface area contributed by atoms with E-state index in [9.17, 15) is 54.2 Å². The van der Waals surface area contributed by atoms with Crippen molar-refractivity contribution in [2.75, 3.05) is 0 Å². The van der Waals surface area contributed by atoms with E-state index in [1.165, 1.54) is 85.5 Å². The third-order valence-corrected chi connectivity index (χ3v) is 14.4. The average Bonchev–Trinajstić information content (AvgIpc) is 3.64. The molecule has 0 fully saturated rings. The molecule has 12 nitrogen and oxygen atoms in total. The number of fused-ring (bicyclic) bond motifs is 2. The first-order valence-corrected chi connectivity index (χ1v) is 22.2. The van der Waals surface area contributed by atoms with Crippen molar-refractivity contribution in [1.82, 2.24) is 19.1 Å². The minimum atomic E-state index is -4.00. The maximum absolute atomic E-state index is 14.0. The molecule has 0 bridgehead atoms. The number of carboxylic acid groups (broad SMARTS) is 2. The lowest BCUT2D eigenvalue weighted by Gasteiger charge is -2.11. The van der Waals surface area contributed by atoms with Crippen molar-refractivity contribution in [3.8, 4) is 0 Å². The van der Waals surface area contributed by atoms with Gasteiger partial charge < -0.3 is 19.3 Å². The number of pyridine rings is 2. The van der Waals surface area contributed by atoms with Crippen LogP contribution < -0.4 is 0 Å². The highest BCUT2D eigenvalue weighted by Gasteiger charge is 2.26. The van der Waals surface area contributed by atoms with Crippen LogP contribution in [-0.4, -0.2) is 58.1 Å². The molecule has 0 saturated carbocycles. The Kier molecular flexibility index (Phi) is 12.5. The molecule has 0 radical (unpaired) electrons. The van der Waals surface area contributed by atoms with Gasteiger partial charge >= 0.3 is 11.9 Å². The third kappa shape index (κ3) is 9.00. The van der Waals surface area contributed by atoms with Gasteiger partial charge in [-0.25, -0.2) is 34.4 Å². The van der Waals surface area contributed by atoms with Crippen molar-refractivity contribution in [3.05, 3.63) is 179 Å². The molecule has 4 aromatic carbocycles. The highest BCUT2D eigenvalue weighted by molar-refractivity contribution is 7.91. The lowest BCUT2D eigenvalue weighted by Crippen LogP contribution is -2.10. The summed E-state index contributed by atoms with van der Waals surface area (Å²) in [5.41, 5.74) is 4.31. The molecule has 0 atom stereocenters. The Morgan fingerprint density at radius 3 is 1.22 bits per heavy atom. The quantitative estimate of drug-likeness (QED) is 0.0896. The number of sulfone groups is 2. The van der Waals surface area contributed by atoms with Crippen molar-refractivity contribution in [2.45, 2.75) is 59.4 Å². The van der Waals surface area contributed by atoms with E-state index in [-0.39, 0.29) is 45.5 Å². The zero-order valence-electron chi connectivity index (χ0n) is 33.8. The van der Waals surface area contributed by atoms with Crippen molar-refractivity contribution in [3.63, 3.8) is 0 Å². The standard InChI is InChI=1S/2C23H18F2N2O4S/c2*1-14-19(20-11-17(25)4-7-21(20)27(14)13-23(28)29)10-15-8-9-26-12-22(15)32(30,31)18-5-2-16(24)3-6-18/h2*2-9,11-12H,10,13H2,1H3,(H,28,29). The molecule has 4 heterocycles. The molecular formula is C46H36F4N4O8S2. The van der Waals surface area contributed by atoms with E-state index in [1.807, 2.05) is 0 Å². The Balaban J connectivity index is 0.000000191. The van der Waals surface area contributed by atoms with Crippen LogP contribution in [0.3, 0.4) is 0 Å². The van der Waals surface area contributed by atoms with Gasteiger partial charge in [-0.1, -0.05) is 0 Å². The van der Waals surface area contributed by atoms with Crippen LogP contribution in [0.2, 0.25) is 0 Å². The first-order valence-electron chi connectivity index (χ1n) is 19.2. The Bertz CT molecular complexity index is 3110. The monoisotopic (exact) mass is 912 g/mol. The normalized spacial score (nSPS) is 11.7. The highest BCUT2D eigenvalue weighted by Crippen LogP contribution is 2.34. The van der Waals surface area contributed by atoms with E-state index in [2.05, 4.69) is 9.97 Å². The molecule has 8 aromatic rings. The number of hydrogen-bond donors (Lipinski definition) is 2. The SMILES string of the molecule is Cc1c(Cc2ccncc2S(=O)(=O)c2ccc(F)cc2)c2cc(F)ccc2n1CC(=O)O.Cc1c(Cc2ccncc2S(=O)(=O)c2ccc(F)cc2)c2cc(F)ccc2n1CC(=O)O. The molecule has 0 aliphatic rings. The molecule has 328 valence electrons. The largest absolute Gasteiger partial charge is 0.480 e. The fourth-order valence-corrected chi connectivity index (χ4v) is 10.5. The summed E-state index contributed by atoms with van der Waals surface area (Å²) in [6.45, 7) is 2.80. The first-order chi connectivity index (χ1) is 30.4. The van der Waals surface area contributed by atoms with Gasteiger partial charge in [0, 0.05) is 70.8 Å². The maximum Gasteiger partial charge on any atom is 0.323 e. The molecule has 8 rings (SSSR count). The van der Waals surface area contributed by atoms with Crippen LogP contribution in [0.25, 0.3) is 21.8 Å². The third-order valence-electron chi connectivity index (χ3n) is 10.7. The molecule has 2 N–H and O–H groups in total. The van der Waals surface area contributed by atoms with E-state index in [4.69, 9.17) is 0 Å². The lowest BCUT2D eigenvalue weighted by atomic mass is 10.0.